The van der Waals surface area contributed by atoms with Crippen molar-refractivity contribution >= 4 is 21.6 Å². The van der Waals surface area contributed by atoms with Crippen LogP contribution in [0.5, 0.6) is 0 Å². The van der Waals surface area contributed by atoms with Gasteiger partial charge in [0.1, 0.15) is 0 Å². The zero-order valence-electron chi connectivity index (χ0n) is 16.4. The third-order valence-electron chi connectivity index (χ3n) is 4.71. The summed E-state index contributed by atoms with van der Waals surface area (Å²) in [5.74, 6) is -0.249. The molecule has 0 saturated carbocycles. The molecule has 0 fully saturated rings. The lowest BCUT2D eigenvalue weighted by Gasteiger charge is -2.20. The zero-order valence-corrected chi connectivity index (χ0v) is 17.2. The van der Waals surface area contributed by atoms with Crippen LogP contribution in [-0.4, -0.2) is 14.3 Å². The molecule has 2 N–H and O–H groups in total. The quantitative estimate of drug-likeness (QED) is 0.596. The van der Waals surface area contributed by atoms with Gasteiger partial charge < -0.3 is 5.32 Å². The third kappa shape index (κ3) is 5.03. The number of rotatable bonds is 7. The number of hydrogen-bond donors (Lipinski definition) is 2. The summed E-state index contributed by atoms with van der Waals surface area (Å²) in [4.78, 5) is 13.0. The minimum absolute atomic E-state index is 0.117. The van der Waals surface area contributed by atoms with Gasteiger partial charge in [0.25, 0.3) is 15.9 Å². The molecular formula is C23H24N2O3S. The number of benzene rings is 3. The second kappa shape index (κ2) is 8.92. The van der Waals surface area contributed by atoms with E-state index in [-0.39, 0.29) is 16.8 Å². The van der Waals surface area contributed by atoms with Crippen molar-refractivity contribution in [2.75, 3.05) is 4.72 Å². The maximum Gasteiger partial charge on any atom is 0.261 e. The van der Waals surface area contributed by atoms with E-state index in [9.17, 15) is 13.2 Å². The van der Waals surface area contributed by atoms with Crippen molar-refractivity contribution in [3.8, 4) is 0 Å². The fourth-order valence-electron chi connectivity index (χ4n) is 3.16. The number of nitrogens with one attached hydrogen (secondary N) is 2. The van der Waals surface area contributed by atoms with Crippen LogP contribution in [0.25, 0.3) is 0 Å². The number of aryl methyl sites for hydroxylation is 1. The topological polar surface area (TPSA) is 75.3 Å². The number of sulfonamides is 1. The minimum atomic E-state index is -3.71. The molecule has 3 aromatic carbocycles. The van der Waals surface area contributed by atoms with E-state index in [2.05, 4.69) is 10.0 Å². The van der Waals surface area contributed by atoms with E-state index in [1.165, 1.54) is 12.1 Å². The lowest BCUT2D eigenvalue weighted by atomic mass is 9.99. The second-order valence-electron chi connectivity index (χ2n) is 6.79. The van der Waals surface area contributed by atoms with E-state index in [4.69, 9.17) is 0 Å². The molecule has 1 atom stereocenters. The van der Waals surface area contributed by atoms with Gasteiger partial charge in [0.15, 0.2) is 0 Å². The Bertz CT molecular complexity index is 1100. The number of hydrogen-bond acceptors (Lipinski definition) is 3. The van der Waals surface area contributed by atoms with E-state index in [0.29, 0.717) is 11.3 Å². The minimum Gasteiger partial charge on any atom is -0.345 e. The maximum atomic E-state index is 12.8. The first-order chi connectivity index (χ1) is 13.9. The fraction of sp³-hybridized carbons (Fsp3) is 0.174. The Morgan fingerprint density at radius 2 is 1.62 bits per heavy atom. The fourth-order valence-corrected chi connectivity index (χ4v) is 4.23. The maximum absolute atomic E-state index is 12.8. The van der Waals surface area contributed by atoms with E-state index in [0.717, 1.165) is 17.5 Å². The van der Waals surface area contributed by atoms with Crippen molar-refractivity contribution in [1.29, 1.82) is 0 Å². The SMILES string of the molecule is CC[C@@H](NC(=O)c1cccc(NS(=O)(=O)c2ccccc2)c1)c1ccccc1C. The molecule has 150 valence electrons. The van der Waals surface area contributed by atoms with Crippen LogP contribution in [0.3, 0.4) is 0 Å². The van der Waals surface area contributed by atoms with Gasteiger partial charge in [0.2, 0.25) is 0 Å². The van der Waals surface area contributed by atoms with Crippen LogP contribution in [0, 0.1) is 6.92 Å². The summed E-state index contributed by atoms with van der Waals surface area (Å²) in [7, 11) is -3.71. The largest absolute Gasteiger partial charge is 0.345 e. The molecule has 0 aliphatic heterocycles. The zero-order chi connectivity index (χ0) is 20.9. The average Bonchev–Trinajstić information content (AvgIpc) is 2.73. The molecule has 3 rings (SSSR count). The molecule has 0 aliphatic carbocycles. The van der Waals surface area contributed by atoms with Crippen molar-refractivity contribution < 1.29 is 13.2 Å². The molecule has 0 aromatic heterocycles. The first kappa shape index (κ1) is 20.6. The second-order valence-corrected chi connectivity index (χ2v) is 8.47. The number of anilines is 1. The van der Waals surface area contributed by atoms with Crippen molar-refractivity contribution in [3.63, 3.8) is 0 Å². The van der Waals surface area contributed by atoms with Gasteiger partial charge in [-0.3, -0.25) is 9.52 Å². The van der Waals surface area contributed by atoms with E-state index in [1.54, 1.807) is 42.5 Å². The highest BCUT2D eigenvalue weighted by atomic mass is 32.2. The molecule has 5 nitrogen and oxygen atoms in total. The molecule has 29 heavy (non-hydrogen) atoms. The number of amides is 1. The Labute approximate surface area is 171 Å². The van der Waals surface area contributed by atoms with Gasteiger partial charge in [-0.25, -0.2) is 8.42 Å². The molecular weight excluding hydrogens is 384 g/mol. The number of carbonyl (C=O) groups is 1. The lowest BCUT2D eigenvalue weighted by Crippen LogP contribution is -2.28. The summed E-state index contributed by atoms with van der Waals surface area (Å²) in [6.45, 7) is 4.03. The summed E-state index contributed by atoms with van der Waals surface area (Å²) in [6.07, 6.45) is 0.747. The van der Waals surface area contributed by atoms with Crippen LogP contribution in [0.4, 0.5) is 5.69 Å². The van der Waals surface area contributed by atoms with E-state index < -0.39 is 10.0 Å². The normalized spacial score (nSPS) is 12.2. The van der Waals surface area contributed by atoms with Gasteiger partial charge in [0, 0.05) is 11.3 Å². The molecule has 1 amide bonds. The molecule has 0 saturated heterocycles. The van der Waals surface area contributed by atoms with Crippen molar-refractivity contribution in [3.05, 3.63) is 95.6 Å². The Kier molecular flexibility index (Phi) is 6.34. The third-order valence-corrected chi connectivity index (χ3v) is 6.11. The van der Waals surface area contributed by atoms with Crippen LogP contribution >= 0.6 is 0 Å². The smallest absolute Gasteiger partial charge is 0.261 e. The standard InChI is InChI=1S/C23H24N2O3S/c1-3-22(21-15-8-7-10-17(21)2)24-23(26)18-11-9-12-19(16-18)25-29(27,28)20-13-5-4-6-14-20/h4-16,22,25H,3H2,1-2H3,(H,24,26)/t22-/m1/s1. The molecule has 0 unspecified atom stereocenters. The van der Waals surface area contributed by atoms with Crippen LogP contribution in [0.1, 0.15) is 40.9 Å². The summed E-state index contributed by atoms with van der Waals surface area (Å²) in [5.41, 5.74) is 2.92. The van der Waals surface area contributed by atoms with Crippen LogP contribution < -0.4 is 10.0 Å². The Balaban J connectivity index is 1.78. The molecule has 0 spiro atoms. The molecule has 0 radical (unpaired) electrons. The van der Waals surface area contributed by atoms with Gasteiger partial charge in [-0.05, 0) is 54.8 Å². The van der Waals surface area contributed by atoms with Crippen molar-refractivity contribution in [2.24, 2.45) is 0 Å². The average molecular weight is 409 g/mol. The van der Waals surface area contributed by atoms with Gasteiger partial charge in [-0.2, -0.15) is 0 Å². The van der Waals surface area contributed by atoms with Crippen molar-refractivity contribution in [2.45, 2.75) is 31.2 Å². The summed E-state index contributed by atoms with van der Waals surface area (Å²) in [6, 6.07) is 22.4. The molecule has 0 aliphatic rings. The predicted octanol–water partition coefficient (Wildman–Crippen LogP) is 4.68. The first-order valence-corrected chi connectivity index (χ1v) is 10.9. The molecule has 6 heteroatoms. The Morgan fingerprint density at radius 1 is 0.931 bits per heavy atom. The summed E-state index contributed by atoms with van der Waals surface area (Å²) >= 11 is 0. The van der Waals surface area contributed by atoms with Crippen molar-refractivity contribution in [1.82, 2.24) is 5.32 Å². The van der Waals surface area contributed by atoms with Gasteiger partial charge in [-0.1, -0.05) is 55.5 Å². The van der Waals surface area contributed by atoms with Gasteiger partial charge >= 0.3 is 0 Å². The number of carbonyl (C=O) groups excluding carboxylic acids is 1. The van der Waals surface area contributed by atoms with Gasteiger partial charge in [-0.15, -0.1) is 0 Å². The van der Waals surface area contributed by atoms with Crippen LogP contribution in [0.15, 0.2) is 83.8 Å². The lowest BCUT2D eigenvalue weighted by molar-refractivity contribution is 0.0935. The van der Waals surface area contributed by atoms with E-state index in [1.807, 2.05) is 38.1 Å². The van der Waals surface area contributed by atoms with E-state index >= 15 is 0 Å². The van der Waals surface area contributed by atoms with Gasteiger partial charge in [0.05, 0.1) is 10.9 Å². The molecule has 0 bridgehead atoms. The highest BCUT2D eigenvalue weighted by Gasteiger charge is 2.17. The predicted molar refractivity (Wildman–Crippen MR) is 115 cm³/mol. The van der Waals surface area contributed by atoms with Crippen LogP contribution in [0.2, 0.25) is 0 Å². The highest BCUT2D eigenvalue weighted by Crippen LogP contribution is 2.22. The molecule has 3 aromatic rings. The monoisotopic (exact) mass is 408 g/mol. The van der Waals surface area contributed by atoms with Crippen LogP contribution in [-0.2, 0) is 10.0 Å². The summed E-state index contributed by atoms with van der Waals surface area (Å²) in [5, 5.41) is 3.05. The Morgan fingerprint density at radius 3 is 2.31 bits per heavy atom. The summed E-state index contributed by atoms with van der Waals surface area (Å²) < 4.78 is 27.6. The first-order valence-electron chi connectivity index (χ1n) is 9.45. The highest BCUT2D eigenvalue weighted by molar-refractivity contribution is 7.92. The Hall–Kier alpha value is -3.12. The molecule has 0 heterocycles.